The molecule has 3 rings (SSSR count). The van der Waals surface area contributed by atoms with Crippen molar-refractivity contribution in [2.75, 3.05) is 18.6 Å². The van der Waals surface area contributed by atoms with Crippen LogP contribution in [0.2, 0.25) is 0 Å². The number of benzene rings is 2. The predicted molar refractivity (Wildman–Crippen MR) is 107 cm³/mol. The fourth-order valence-electron chi connectivity index (χ4n) is 2.60. The van der Waals surface area contributed by atoms with Crippen molar-refractivity contribution in [1.29, 1.82) is 0 Å². The molecule has 0 saturated carbocycles. The van der Waals surface area contributed by atoms with Crippen molar-refractivity contribution in [3.05, 3.63) is 65.4 Å². The van der Waals surface area contributed by atoms with Gasteiger partial charge in [-0.3, -0.25) is 9.69 Å². The molecule has 0 aliphatic carbocycles. The highest BCUT2D eigenvalue weighted by Gasteiger charge is 2.32. The fourth-order valence-corrected chi connectivity index (χ4v) is 2.90. The number of rotatable bonds is 5. The summed E-state index contributed by atoms with van der Waals surface area (Å²) in [6.45, 7) is 2.05. The average Bonchev–Trinajstić information content (AvgIpc) is 2.96. The van der Waals surface area contributed by atoms with Gasteiger partial charge in [0, 0.05) is 0 Å². The van der Waals surface area contributed by atoms with Crippen molar-refractivity contribution in [2.45, 2.75) is 6.92 Å². The first-order valence-corrected chi connectivity index (χ1v) is 8.72. The van der Waals surface area contributed by atoms with Crippen molar-refractivity contribution >= 4 is 41.0 Å². The van der Waals surface area contributed by atoms with Crippen LogP contribution in [0.1, 0.15) is 22.8 Å². The van der Waals surface area contributed by atoms with Gasteiger partial charge in [-0.05, 0) is 67.2 Å². The maximum absolute atomic E-state index is 12.8. The van der Waals surface area contributed by atoms with Crippen LogP contribution in [0.4, 0.5) is 5.69 Å². The van der Waals surface area contributed by atoms with E-state index < -0.39 is 5.97 Å². The molecule has 0 spiro atoms. The second-order valence-corrected chi connectivity index (χ2v) is 6.06. The Labute approximate surface area is 162 Å². The van der Waals surface area contributed by atoms with Crippen LogP contribution in [0.15, 0.2) is 54.2 Å². The van der Waals surface area contributed by atoms with Crippen molar-refractivity contribution in [3.8, 4) is 5.75 Å². The maximum Gasteiger partial charge on any atom is 0.338 e. The highest BCUT2D eigenvalue weighted by atomic mass is 32.1. The van der Waals surface area contributed by atoms with E-state index in [9.17, 15) is 9.59 Å². The molecular weight excluding hydrogens is 364 g/mol. The van der Waals surface area contributed by atoms with Gasteiger partial charge in [0.05, 0.1) is 25.0 Å². The van der Waals surface area contributed by atoms with Crippen LogP contribution in [0.3, 0.4) is 0 Å². The van der Waals surface area contributed by atoms with Crippen LogP contribution in [-0.2, 0) is 9.53 Å². The van der Waals surface area contributed by atoms with E-state index in [4.69, 9.17) is 21.7 Å². The first-order valence-electron chi connectivity index (χ1n) is 8.32. The zero-order valence-electron chi connectivity index (χ0n) is 14.9. The summed E-state index contributed by atoms with van der Waals surface area (Å²) in [5.41, 5.74) is 2.21. The number of esters is 1. The molecule has 0 atom stereocenters. The van der Waals surface area contributed by atoms with Crippen molar-refractivity contribution in [1.82, 2.24) is 5.32 Å². The largest absolute Gasteiger partial charge is 0.497 e. The minimum atomic E-state index is -0.405. The Morgan fingerprint density at radius 2 is 1.81 bits per heavy atom. The number of methoxy groups -OCH3 is 1. The zero-order chi connectivity index (χ0) is 19.4. The van der Waals surface area contributed by atoms with Crippen LogP contribution >= 0.6 is 12.2 Å². The monoisotopic (exact) mass is 382 g/mol. The summed E-state index contributed by atoms with van der Waals surface area (Å²) in [5, 5.41) is 3.21. The summed E-state index contributed by atoms with van der Waals surface area (Å²) in [6.07, 6.45) is 1.72. The molecular formula is C20H18N2O4S. The number of carbonyl (C=O) groups is 2. The third kappa shape index (κ3) is 3.98. The minimum absolute atomic E-state index is 0.264. The molecule has 138 valence electrons. The molecule has 0 aromatic heterocycles. The molecule has 1 saturated heterocycles. The Bertz CT molecular complexity index is 905. The lowest BCUT2D eigenvalue weighted by molar-refractivity contribution is -0.113. The van der Waals surface area contributed by atoms with Crippen LogP contribution in [0.25, 0.3) is 6.08 Å². The van der Waals surface area contributed by atoms with Gasteiger partial charge in [-0.25, -0.2) is 4.79 Å². The molecule has 1 amide bonds. The topological polar surface area (TPSA) is 67.9 Å². The summed E-state index contributed by atoms with van der Waals surface area (Å²) in [4.78, 5) is 25.9. The third-order valence-corrected chi connectivity index (χ3v) is 4.23. The number of nitrogens with zero attached hydrogens (tertiary/aromatic N) is 1. The van der Waals surface area contributed by atoms with Crippen LogP contribution in [-0.4, -0.2) is 30.7 Å². The van der Waals surface area contributed by atoms with E-state index in [2.05, 4.69) is 5.32 Å². The fraction of sp³-hybridized carbons (Fsp3) is 0.150. The van der Waals surface area contributed by atoms with Gasteiger partial charge in [-0.1, -0.05) is 12.1 Å². The molecule has 1 aliphatic rings. The summed E-state index contributed by atoms with van der Waals surface area (Å²) in [5.74, 6) is 0.0685. The molecule has 2 aromatic rings. The Balaban J connectivity index is 1.81. The predicted octanol–water partition coefficient (Wildman–Crippen LogP) is 3.13. The molecule has 0 unspecified atom stereocenters. The number of nitrogens with one attached hydrogen (secondary N) is 1. The molecule has 2 aromatic carbocycles. The van der Waals surface area contributed by atoms with Crippen molar-refractivity contribution in [2.24, 2.45) is 0 Å². The van der Waals surface area contributed by atoms with E-state index in [0.717, 1.165) is 11.3 Å². The third-order valence-electron chi connectivity index (χ3n) is 3.94. The Morgan fingerprint density at radius 1 is 1.15 bits per heavy atom. The zero-order valence-corrected chi connectivity index (χ0v) is 15.7. The summed E-state index contributed by atoms with van der Waals surface area (Å²) in [7, 11) is 1.60. The molecule has 1 fully saturated rings. The number of ether oxygens (including phenoxy) is 2. The van der Waals surface area contributed by atoms with Gasteiger partial charge >= 0.3 is 5.97 Å². The van der Waals surface area contributed by atoms with E-state index in [1.165, 1.54) is 4.90 Å². The smallest absolute Gasteiger partial charge is 0.338 e. The second kappa shape index (κ2) is 8.01. The molecule has 27 heavy (non-hydrogen) atoms. The average molecular weight is 382 g/mol. The quantitative estimate of drug-likeness (QED) is 0.487. The van der Waals surface area contributed by atoms with E-state index >= 15 is 0 Å². The number of anilines is 1. The normalized spacial score (nSPS) is 15.0. The molecule has 0 bridgehead atoms. The van der Waals surface area contributed by atoms with Crippen molar-refractivity contribution < 1.29 is 19.1 Å². The molecule has 1 heterocycles. The van der Waals surface area contributed by atoms with Crippen molar-refractivity contribution in [3.63, 3.8) is 0 Å². The summed E-state index contributed by atoms with van der Waals surface area (Å²) < 4.78 is 10.1. The number of thiocarbonyl (C=S) groups is 1. The van der Waals surface area contributed by atoms with E-state index in [1.54, 1.807) is 44.4 Å². The van der Waals surface area contributed by atoms with E-state index in [-0.39, 0.29) is 11.0 Å². The van der Waals surface area contributed by atoms with Gasteiger partial charge < -0.3 is 14.8 Å². The highest BCUT2D eigenvalue weighted by Crippen LogP contribution is 2.23. The Hall–Kier alpha value is -3.19. The maximum atomic E-state index is 12.8. The van der Waals surface area contributed by atoms with Crippen LogP contribution in [0, 0.1) is 0 Å². The Morgan fingerprint density at radius 3 is 2.41 bits per heavy atom. The van der Waals surface area contributed by atoms with E-state index in [1.807, 2.05) is 24.3 Å². The molecule has 7 heteroatoms. The Kier molecular flexibility index (Phi) is 5.52. The summed E-state index contributed by atoms with van der Waals surface area (Å²) >= 11 is 5.30. The number of carbonyl (C=O) groups excluding carboxylic acids is 2. The molecule has 1 N–H and O–H groups in total. The van der Waals surface area contributed by atoms with Gasteiger partial charge in [-0.2, -0.15) is 0 Å². The lowest BCUT2D eigenvalue weighted by Gasteiger charge is -2.14. The SMILES string of the molecule is CCOC(=O)c1ccc(N2C(=O)C(=Cc3ccc(OC)cc3)NC2=S)cc1. The van der Waals surface area contributed by atoms with Gasteiger partial charge in [-0.15, -0.1) is 0 Å². The van der Waals surface area contributed by atoms with E-state index in [0.29, 0.717) is 23.6 Å². The lowest BCUT2D eigenvalue weighted by Crippen LogP contribution is -2.30. The summed E-state index contributed by atoms with van der Waals surface area (Å²) in [6, 6.07) is 13.9. The van der Waals surface area contributed by atoms with Gasteiger partial charge in [0.15, 0.2) is 5.11 Å². The van der Waals surface area contributed by atoms with Crippen LogP contribution < -0.4 is 15.0 Å². The van der Waals surface area contributed by atoms with Gasteiger partial charge in [0.25, 0.3) is 5.91 Å². The number of amides is 1. The molecule has 1 aliphatic heterocycles. The van der Waals surface area contributed by atoms with Gasteiger partial charge in [0.2, 0.25) is 0 Å². The van der Waals surface area contributed by atoms with Crippen LogP contribution in [0.5, 0.6) is 5.75 Å². The van der Waals surface area contributed by atoms with Gasteiger partial charge in [0.1, 0.15) is 11.4 Å². The molecule has 0 radical (unpaired) electrons. The molecule has 6 nitrogen and oxygen atoms in total. The minimum Gasteiger partial charge on any atom is -0.497 e. The highest BCUT2D eigenvalue weighted by molar-refractivity contribution is 7.80. The first kappa shape index (κ1) is 18.6. The standard InChI is InChI=1S/C20H18N2O4S/c1-3-26-19(24)14-6-8-15(9-7-14)22-18(23)17(21-20(22)27)12-13-4-10-16(25-2)11-5-13/h4-12H,3H2,1-2H3,(H,21,27). The first-order chi connectivity index (χ1) is 13.0. The number of hydrogen-bond acceptors (Lipinski definition) is 5. The second-order valence-electron chi connectivity index (χ2n) is 5.67. The number of hydrogen-bond donors (Lipinski definition) is 1. The lowest BCUT2D eigenvalue weighted by atomic mass is 10.1.